The summed E-state index contributed by atoms with van der Waals surface area (Å²) in [5.41, 5.74) is 0.352. The highest BCUT2D eigenvalue weighted by molar-refractivity contribution is 5.85. The number of imidazole rings is 1. The minimum Gasteiger partial charge on any atom is -0.478 e. The molecule has 3 N–H and O–H groups in total. The van der Waals surface area contributed by atoms with Crippen LogP contribution in [0, 0.1) is 0 Å². The van der Waals surface area contributed by atoms with Crippen LogP contribution in [0.25, 0.3) is 0 Å². The van der Waals surface area contributed by atoms with E-state index in [2.05, 4.69) is 23.1 Å². The van der Waals surface area contributed by atoms with Gasteiger partial charge < -0.3 is 15.2 Å². The number of carboxylic acids is 2. The summed E-state index contributed by atoms with van der Waals surface area (Å²) in [5.74, 6) is -1.87. The SMILES string of the molecule is C=C(C)C(=O)O.C=C(C)C(=O)O.c1c[nH]cn1. The van der Waals surface area contributed by atoms with E-state index in [1.807, 2.05) is 0 Å². The van der Waals surface area contributed by atoms with Crippen LogP contribution in [0.1, 0.15) is 13.8 Å². The maximum atomic E-state index is 9.60. The molecule has 0 atom stereocenters. The zero-order valence-corrected chi connectivity index (χ0v) is 9.80. The van der Waals surface area contributed by atoms with Crippen LogP contribution >= 0.6 is 0 Å². The number of carboxylic acid groups (broad SMARTS) is 2. The fraction of sp³-hybridized carbons (Fsp3) is 0.182. The van der Waals surface area contributed by atoms with Crippen LogP contribution in [-0.2, 0) is 9.59 Å². The van der Waals surface area contributed by atoms with Gasteiger partial charge in [0.1, 0.15) is 0 Å². The number of H-pyrrole nitrogens is 1. The molecule has 6 nitrogen and oxygen atoms in total. The number of nitrogens with one attached hydrogen (secondary N) is 1. The zero-order chi connectivity index (χ0) is 13.8. The van der Waals surface area contributed by atoms with E-state index >= 15 is 0 Å². The fourth-order valence-electron chi connectivity index (χ4n) is 0.215. The number of hydrogen-bond acceptors (Lipinski definition) is 3. The van der Waals surface area contributed by atoms with E-state index in [0.29, 0.717) is 0 Å². The molecule has 6 heteroatoms. The molecule has 1 heterocycles. The molecule has 1 rings (SSSR count). The Morgan fingerprint density at radius 2 is 1.47 bits per heavy atom. The monoisotopic (exact) mass is 240 g/mol. The van der Waals surface area contributed by atoms with Crippen LogP contribution in [0.5, 0.6) is 0 Å². The Balaban J connectivity index is 0. The van der Waals surface area contributed by atoms with Crippen LogP contribution in [0.15, 0.2) is 43.0 Å². The Kier molecular flexibility index (Phi) is 10.2. The first-order valence-corrected chi connectivity index (χ1v) is 4.49. The topological polar surface area (TPSA) is 103 Å². The molecule has 0 saturated carbocycles. The smallest absolute Gasteiger partial charge is 0.330 e. The predicted molar refractivity (Wildman–Crippen MR) is 63.5 cm³/mol. The van der Waals surface area contributed by atoms with Crippen molar-refractivity contribution < 1.29 is 19.8 Å². The van der Waals surface area contributed by atoms with Crippen LogP contribution in [-0.4, -0.2) is 32.1 Å². The number of hydrogen-bond donors (Lipinski definition) is 3. The first kappa shape index (κ1) is 17.0. The lowest BCUT2D eigenvalue weighted by molar-refractivity contribution is -0.133. The highest BCUT2D eigenvalue weighted by Gasteiger charge is 1.90. The number of aliphatic carboxylic acids is 2. The van der Waals surface area contributed by atoms with Crippen molar-refractivity contribution in [1.82, 2.24) is 9.97 Å². The van der Waals surface area contributed by atoms with Crippen molar-refractivity contribution in [3.63, 3.8) is 0 Å². The maximum absolute atomic E-state index is 9.60. The second-order valence-electron chi connectivity index (χ2n) is 2.93. The van der Waals surface area contributed by atoms with E-state index in [1.165, 1.54) is 13.8 Å². The summed E-state index contributed by atoms with van der Waals surface area (Å²) in [4.78, 5) is 25.6. The fourth-order valence-corrected chi connectivity index (χ4v) is 0.215. The summed E-state index contributed by atoms with van der Waals surface area (Å²) in [6, 6.07) is 0. The summed E-state index contributed by atoms with van der Waals surface area (Å²) >= 11 is 0. The van der Waals surface area contributed by atoms with Gasteiger partial charge in [-0.3, -0.25) is 0 Å². The summed E-state index contributed by atoms with van der Waals surface area (Å²) in [6.07, 6.45) is 5.08. The first-order valence-electron chi connectivity index (χ1n) is 4.49. The molecular formula is C11H16N2O4. The lowest BCUT2D eigenvalue weighted by atomic mass is 10.4. The molecule has 0 saturated heterocycles. The number of rotatable bonds is 2. The van der Waals surface area contributed by atoms with Crippen molar-refractivity contribution >= 4 is 11.9 Å². The molecular weight excluding hydrogens is 224 g/mol. The minimum absolute atomic E-state index is 0.176. The average Bonchev–Trinajstić information content (AvgIpc) is 2.75. The first-order chi connectivity index (χ1) is 7.79. The van der Waals surface area contributed by atoms with Crippen LogP contribution < -0.4 is 0 Å². The molecule has 0 radical (unpaired) electrons. The van der Waals surface area contributed by atoms with Gasteiger partial charge in [0.15, 0.2) is 0 Å². The van der Waals surface area contributed by atoms with E-state index < -0.39 is 11.9 Å². The number of aromatic amines is 1. The van der Waals surface area contributed by atoms with Crippen LogP contribution in [0.3, 0.4) is 0 Å². The van der Waals surface area contributed by atoms with Crippen molar-refractivity contribution in [3.05, 3.63) is 43.0 Å². The van der Waals surface area contributed by atoms with E-state index in [1.54, 1.807) is 18.7 Å². The van der Waals surface area contributed by atoms with Gasteiger partial charge in [0, 0.05) is 23.5 Å². The van der Waals surface area contributed by atoms with Crippen molar-refractivity contribution in [3.8, 4) is 0 Å². The molecule has 1 aromatic heterocycles. The van der Waals surface area contributed by atoms with E-state index in [9.17, 15) is 9.59 Å². The Hall–Kier alpha value is -2.37. The molecule has 0 fully saturated rings. The Labute approximate surface area is 99.3 Å². The molecule has 0 aromatic carbocycles. The third kappa shape index (κ3) is 16.3. The van der Waals surface area contributed by atoms with Gasteiger partial charge in [0.05, 0.1) is 6.33 Å². The average molecular weight is 240 g/mol. The quantitative estimate of drug-likeness (QED) is 0.682. The maximum Gasteiger partial charge on any atom is 0.330 e. The predicted octanol–water partition coefficient (Wildman–Crippen LogP) is 1.70. The summed E-state index contributed by atoms with van der Waals surface area (Å²) in [6.45, 7) is 9.20. The lowest BCUT2D eigenvalue weighted by Crippen LogP contribution is -1.92. The third-order valence-electron chi connectivity index (χ3n) is 1.14. The molecule has 0 amide bonds. The van der Waals surface area contributed by atoms with E-state index in [0.717, 1.165) is 0 Å². The molecule has 1 aromatic rings. The summed E-state index contributed by atoms with van der Waals surface area (Å²) in [7, 11) is 0. The van der Waals surface area contributed by atoms with E-state index in [-0.39, 0.29) is 11.1 Å². The molecule has 0 aliphatic carbocycles. The summed E-state index contributed by atoms with van der Waals surface area (Å²) < 4.78 is 0. The number of nitrogens with zero attached hydrogens (tertiary/aromatic N) is 1. The molecule has 0 bridgehead atoms. The zero-order valence-electron chi connectivity index (χ0n) is 9.80. The Morgan fingerprint density at radius 1 is 1.12 bits per heavy atom. The van der Waals surface area contributed by atoms with Gasteiger partial charge in [0.25, 0.3) is 0 Å². The van der Waals surface area contributed by atoms with Crippen molar-refractivity contribution in [1.29, 1.82) is 0 Å². The van der Waals surface area contributed by atoms with Gasteiger partial charge in [-0.15, -0.1) is 0 Å². The van der Waals surface area contributed by atoms with Gasteiger partial charge in [-0.2, -0.15) is 0 Å². The minimum atomic E-state index is -0.935. The largest absolute Gasteiger partial charge is 0.478 e. The second-order valence-corrected chi connectivity index (χ2v) is 2.93. The Bertz CT molecular complexity index is 304. The third-order valence-corrected chi connectivity index (χ3v) is 1.14. The second kappa shape index (κ2) is 10.2. The standard InChI is InChI=1S/2C4H6O2.C3H4N2/c2*1-3(2)4(5)6;1-2-5-3-4-1/h2*1H2,2H3,(H,5,6);1-3H,(H,4,5). The highest BCUT2D eigenvalue weighted by Crippen LogP contribution is 1.81. The van der Waals surface area contributed by atoms with Gasteiger partial charge in [-0.1, -0.05) is 13.2 Å². The van der Waals surface area contributed by atoms with Gasteiger partial charge in [0.2, 0.25) is 0 Å². The van der Waals surface area contributed by atoms with E-state index in [4.69, 9.17) is 10.2 Å². The van der Waals surface area contributed by atoms with Crippen molar-refractivity contribution in [2.75, 3.05) is 0 Å². The molecule has 0 unspecified atom stereocenters. The number of aromatic nitrogens is 2. The lowest BCUT2D eigenvalue weighted by Gasteiger charge is -1.79. The summed E-state index contributed by atoms with van der Waals surface area (Å²) in [5, 5.41) is 15.8. The molecule has 17 heavy (non-hydrogen) atoms. The highest BCUT2D eigenvalue weighted by atomic mass is 16.4. The molecule has 0 aliphatic heterocycles. The van der Waals surface area contributed by atoms with Gasteiger partial charge in [-0.05, 0) is 13.8 Å². The van der Waals surface area contributed by atoms with Gasteiger partial charge >= 0.3 is 11.9 Å². The number of carbonyl (C=O) groups is 2. The molecule has 94 valence electrons. The Morgan fingerprint density at radius 3 is 1.53 bits per heavy atom. The normalized spacial score (nSPS) is 7.65. The van der Waals surface area contributed by atoms with Crippen molar-refractivity contribution in [2.45, 2.75) is 13.8 Å². The molecule has 0 spiro atoms. The van der Waals surface area contributed by atoms with Crippen molar-refractivity contribution in [2.24, 2.45) is 0 Å². The molecule has 0 aliphatic rings. The van der Waals surface area contributed by atoms with Gasteiger partial charge in [-0.25, -0.2) is 14.6 Å². The van der Waals surface area contributed by atoms with Crippen LogP contribution in [0.4, 0.5) is 0 Å². The van der Waals surface area contributed by atoms with Crippen LogP contribution in [0.2, 0.25) is 0 Å².